The number of nitrogens with zero attached hydrogens (tertiary/aromatic N) is 2. The number of carbonyl (C=O) groups is 1. The van der Waals surface area contributed by atoms with Crippen molar-refractivity contribution in [2.24, 2.45) is 5.92 Å². The normalized spacial score (nSPS) is 17.6. The van der Waals surface area contributed by atoms with E-state index in [0.29, 0.717) is 5.69 Å². The highest BCUT2D eigenvalue weighted by Crippen LogP contribution is 2.22. The molecule has 0 bridgehead atoms. The van der Waals surface area contributed by atoms with E-state index in [1.807, 2.05) is 23.2 Å². The number of rotatable bonds is 1. The topological polar surface area (TPSA) is 33.2 Å². The molecule has 1 saturated heterocycles. The predicted octanol–water partition coefficient (Wildman–Crippen LogP) is 3.25. The Balaban J connectivity index is 2.08. The van der Waals surface area contributed by atoms with E-state index >= 15 is 0 Å². The lowest BCUT2D eigenvalue weighted by Crippen LogP contribution is -2.38. The fraction of sp³-hybridized carbons (Fsp3) is 0.625. The first-order valence-electron chi connectivity index (χ1n) is 7.14. The lowest BCUT2D eigenvalue weighted by Gasteiger charge is -2.30. The molecule has 1 aromatic heterocycles. The van der Waals surface area contributed by atoms with Gasteiger partial charge in [-0.25, -0.2) is 0 Å². The van der Waals surface area contributed by atoms with Crippen LogP contribution in [0.4, 0.5) is 0 Å². The molecule has 3 nitrogen and oxygen atoms in total. The highest BCUT2D eigenvalue weighted by Gasteiger charge is 2.22. The number of likely N-dealkylation sites (tertiary alicyclic amines) is 1. The summed E-state index contributed by atoms with van der Waals surface area (Å²) >= 11 is 0. The lowest BCUT2D eigenvalue weighted by atomic mass is 9.88. The third-order valence-corrected chi connectivity index (χ3v) is 3.92. The Hall–Kier alpha value is -1.38. The van der Waals surface area contributed by atoms with Crippen LogP contribution in [0.5, 0.6) is 0 Å². The van der Waals surface area contributed by atoms with Crippen LogP contribution in [-0.2, 0) is 5.41 Å². The number of hydrogen-bond donors (Lipinski definition) is 0. The summed E-state index contributed by atoms with van der Waals surface area (Å²) in [5.41, 5.74) is 1.81. The van der Waals surface area contributed by atoms with Gasteiger partial charge in [-0.15, -0.1) is 0 Å². The number of piperidine rings is 1. The molecule has 2 rings (SSSR count). The second kappa shape index (κ2) is 5.32. The smallest absolute Gasteiger partial charge is 0.272 e. The van der Waals surface area contributed by atoms with E-state index in [1.54, 1.807) is 0 Å². The highest BCUT2D eigenvalue weighted by molar-refractivity contribution is 5.92. The van der Waals surface area contributed by atoms with Gasteiger partial charge >= 0.3 is 0 Å². The van der Waals surface area contributed by atoms with Crippen LogP contribution < -0.4 is 0 Å². The van der Waals surface area contributed by atoms with E-state index in [-0.39, 0.29) is 11.3 Å². The molecule has 0 spiro atoms. The number of hydrogen-bond acceptors (Lipinski definition) is 2. The Morgan fingerprint density at radius 3 is 2.37 bits per heavy atom. The number of carbonyl (C=O) groups excluding carboxylic acids is 1. The average Bonchev–Trinajstić information content (AvgIpc) is 2.38. The molecule has 1 aliphatic rings. The second-order valence-electron chi connectivity index (χ2n) is 6.66. The van der Waals surface area contributed by atoms with Crippen LogP contribution in [0.2, 0.25) is 0 Å². The van der Waals surface area contributed by atoms with Gasteiger partial charge < -0.3 is 4.90 Å². The monoisotopic (exact) mass is 260 g/mol. The molecule has 1 aromatic rings. The van der Waals surface area contributed by atoms with Crippen LogP contribution in [0.1, 0.15) is 56.6 Å². The summed E-state index contributed by atoms with van der Waals surface area (Å²) in [6.45, 7) is 10.4. The number of amides is 1. The van der Waals surface area contributed by atoms with E-state index in [0.717, 1.165) is 37.4 Å². The van der Waals surface area contributed by atoms with Crippen LogP contribution >= 0.6 is 0 Å². The maximum absolute atomic E-state index is 12.3. The minimum atomic E-state index is 0.0763. The molecule has 104 valence electrons. The van der Waals surface area contributed by atoms with Crippen molar-refractivity contribution in [3.63, 3.8) is 0 Å². The fourth-order valence-corrected chi connectivity index (χ4v) is 2.34. The lowest BCUT2D eigenvalue weighted by molar-refractivity contribution is 0.0691. The van der Waals surface area contributed by atoms with Crippen molar-refractivity contribution in [1.29, 1.82) is 0 Å². The van der Waals surface area contributed by atoms with Crippen LogP contribution in [-0.4, -0.2) is 28.9 Å². The van der Waals surface area contributed by atoms with Gasteiger partial charge in [0.2, 0.25) is 0 Å². The van der Waals surface area contributed by atoms with Crippen molar-refractivity contribution in [2.75, 3.05) is 13.1 Å². The summed E-state index contributed by atoms with van der Waals surface area (Å²) in [7, 11) is 0. The summed E-state index contributed by atoms with van der Waals surface area (Å²) in [5.74, 6) is 0.813. The summed E-state index contributed by atoms with van der Waals surface area (Å²) in [5, 5.41) is 0. The van der Waals surface area contributed by atoms with Crippen LogP contribution in [0, 0.1) is 5.92 Å². The maximum atomic E-state index is 12.3. The Labute approximate surface area is 116 Å². The molecule has 2 heterocycles. The van der Waals surface area contributed by atoms with Crippen molar-refractivity contribution in [1.82, 2.24) is 9.88 Å². The van der Waals surface area contributed by atoms with Gasteiger partial charge in [-0.2, -0.15) is 0 Å². The first kappa shape index (κ1) is 14.0. The molecule has 0 aromatic carbocycles. The van der Waals surface area contributed by atoms with E-state index in [9.17, 15) is 4.79 Å². The van der Waals surface area contributed by atoms with E-state index in [4.69, 9.17) is 0 Å². The van der Waals surface area contributed by atoms with Gasteiger partial charge in [-0.1, -0.05) is 33.8 Å². The largest absolute Gasteiger partial charge is 0.337 e. The summed E-state index contributed by atoms with van der Waals surface area (Å²) < 4.78 is 0. The van der Waals surface area contributed by atoms with Gasteiger partial charge in [0, 0.05) is 19.3 Å². The van der Waals surface area contributed by atoms with Crippen LogP contribution in [0.15, 0.2) is 18.3 Å². The minimum absolute atomic E-state index is 0.0763. The maximum Gasteiger partial charge on any atom is 0.272 e. The average molecular weight is 260 g/mol. The molecule has 1 fully saturated rings. The molecule has 0 radical (unpaired) electrons. The zero-order valence-corrected chi connectivity index (χ0v) is 12.4. The van der Waals surface area contributed by atoms with Gasteiger partial charge in [0.25, 0.3) is 5.91 Å². The van der Waals surface area contributed by atoms with Gasteiger partial charge in [-0.05, 0) is 35.8 Å². The number of aromatic nitrogens is 1. The second-order valence-corrected chi connectivity index (χ2v) is 6.66. The molecule has 1 aliphatic heterocycles. The third-order valence-electron chi connectivity index (χ3n) is 3.92. The molecular weight excluding hydrogens is 236 g/mol. The summed E-state index contributed by atoms with van der Waals surface area (Å²) in [4.78, 5) is 18.6. The van der Waals surface area contributed by atoms with Crippen molar-refractivity contribution >= 4 is 5.91 Å². The minimum Gasteiger partial charge on any atom is -0.337 e. The third kappa shape index (κ3) is 3.34. The van der Waals surface area contributed by atoms with E-state index in [2.05, 4.69) is 32.7 Å². The zero-order valence-electron chi connectivity index (χ0n) is 12.4. The summed E-state index contributed by atoms with van der Waals surface area (Å²) in [6.07, 6.45) is 4.04. The van der Waals surface area contributed by atoms with Crippen molar-refractivity contribution in [3.8, 4) is 0 Å². The van der Waals surface area contributed by atoms with Gasteiger partial charge in [0.05, 0.1) is 0 Å². The Bertz CT molecular complexity index is 437. The molecule has 0 atom stereocenters. The molecule has 0 unspecified atom stereocenters. The summed E-state index contributed by atoms with van der Waals surface area (Å²) in [6, 6.07) is 3.88. The first-order chi connectivity index (χ1) is 8.88. The van der Waals surface area contributed by atoms with Gasteiger partial charge in [0.1, 0.15) is 5.69 Å². The first-order valence-corrected chi connectivity index (χ1v) is 7.14. The molecule has 0 saturated carbocycles. The molecule has 1 amide bonds. The van der Waals surface area contributed by atoms with Gasteiger partial charge in [0.15, 0.2) is 0 Å². The van der Waals surface area contributed by atoms with Crippen molar-refractivity contribution < 1.29 is 4.79 Å². The number of pyridine rings is 1. The quantitative estimate of drug-likeness (QED) is 0.776. The Morgan fingerprint density at radius 1 is 1.26 bits per heavy atom. The van der Waals surface area contributed by atoms with Crippen LogP contribution in [0.3, 0.4) is 0 Å². The fourth-order valence-electron chi connectivity index (χ4n) is 2.34. The standard InChI is InChI=1S/C16H24N2O/c1-12-7-9-18(10-8-12)15(19)14-6-5-13(11-17-14)16(2,3)4/h5-6,11-12H,7-10H2,1-4H3. The van der Waals surface area contributed by atoms with Crippen molar-refractivity contribution in [2.45, 2.75) is 46.0 Å². The molecule has 3 heteroatoms. The van der Waals surface area contributed by atoms with Crippen LogP contribution in [0.25, 0.3) is 0 Å². The SMILES string of the molecule is CC1CCN(C(=O)c2ccc(C(C)(C)C)cn2)CC1. The highest BCUT2D eigenvalue weighted by atomic mass is 16.2. The van der Waals surface area contributed by atoms with Gasteiger partial charge in [-0.3, -0.25) is 9.78 Å². The molecule has 19 heavy (non-hydrogen) atoms. The van der Waals surface area contributed by atoms with E-state index < -0.39 is 0 Å². The zero-order chi connectivity index (χ0) is 14.0. The molecule has 0 N–H and O–H groups in total. The predicted molar refractivity (Wildman–Crippen MR) is 77.2 cm³/mol. The Morgan fingerprint density at radius 2 is 1.89 bits per heavy atom. The van der Waals surface area contributed by atoms with E-state index in [1.165, 1.54) is 0 Å². The molecule has 0 aliphatic carbocycles. The molecular formula is C16H24N2O. The Kier molecular flexibility index (Phi) is 3.93. The van der Waals surface area contributed by atoms with Crippen molar-refractivity contribution in [3.05, 3.63) is 29.6 Å².